The SMILES string of the molecule is CCCCCCCCCCCCCCOc1c(CN(Cc2cc[n+](CCC)cc2)C(C)=O)cccc1OC.[I-]. The molecule has 5 nitrogen and oxygen atoms in total. The van der Waals surface area contributed by atoms with Crippen molar-refractivity contribution in [2.45, 2.75) is 124 Å². The van der Waals surface area contributed by atoms with Crippen LogP contribution in [0.15, 0.2) is 42.7 Å². The molecule has 1 aromatic carbocycles. The number of halogens is 1. The Hall–Kier alpha value is -1.83. The van der Waals surface area contributed by atoms with Crippen LogP contribution in [0.4, 0.5) is 0 Å². The van der Waals surface area contributed by atoms with E-state index in [9.17, 15) is 4.79 Å². The number of ether oxygens (including phenoxy) is 2. The number of pyridine rings is 1. The number of amides is 1. The molecule has 220 valence electrons. The zero-order chi connectivity index (χ0) is 27.4. The molecule has 0 saturated heterocycles. The molecule has 2 rings (SSSR count). The van der Waals surface area contributed by atoms with Crippen LogP contribution < -0.4 is 38.0 Å². The van der Waals surface area contributed by atoms with Gasteiger partial charge in [0, 0.05) is 44.1 Å². The first kappa shape index (κ1) is 35.2. The molecule has 0 fully saturated rings. The van der Waals surface area contributed by atoms with Crippen LogP contribution in [0.25, 0.3) is 0 Å². The predicted octanol–water partition coefficient (Wildman–Crippen LogP) is 5.03. The number of benzene rings is 1. The van der Waals surface area contributed by atoms with Crippen molar-refractivity contribution in [1.82, 2.24) is 4.90 Å². The number of para-hydroxylation sites is 1. The molecule has 0 aliphatic rings. The molecule has 0 saturated carbocycles. The monoisotopic (exact) mass is 652 g/mol. The van der Waals surface area contributed by atoms with Gasteiger partial charge < -0.3 is 38.4 Å². The summed E-state index contributed by atoms with van der Waals surface area (Å²) in [5, 5.41) is 0. The smallest absolute Gasteiger partial charge is 0.220 e. The van der Waals surface area contributed by atoms with Crippen molar-refractivity contribution in [3.05, 3.63) is 53.9 Å². The summed E-state index contributed by atoms with van der Waals surface area (Å²) in [5.41, 5.74) is 2.10. The van der Waals surface area contributed by atoms with Gasteiger partial charge in [-0.3, -0.25) is 4.79 Å². The fraction of sp³-hybridized carbons (Fsp3) is 0.636. The number of rotatable bonds is 21. The Morgan fingerprint density at radius 1 is 0.795 bits per heavy atom. The van der Waals surface area contributed by atoms with Crippen molar-refractivity contribution in [2.24, 2.45) is 0 Å². The molecule has 0 atom stereocenters. The summed E-state index contributed by atoms with van der Waals surface area (Å²) in [7, 11) is 1.67. The summed E-state index contributed by atoms with van der Waals surface area (Å²) in [5.74, 6) is 1.54. The van der Waals surface area contributed by atoms with Gasteiger partial charge in [-0.2, -0.15) is 0 Å². The second-order valence-corrected chi connectivity index (χ2v) is 10.5. The number of aromatic nitrogens is 1. The van der Waals surface area contributed by atoms with Crippen LogP contribution in [0.5, 0.6) is 11.5 Å². The first-order valence-electron chi connectivity index (χ1n) is 15.1. The summed E-state index contributed by atoms with van der Waals surface area (Å²) < 4.78 is 14.0. The van der Waals surface area contributed by atoms with Gasteiger partial charge in [0.2, 0.25) is 5.91 Å². The van der Waals surface area contributed by atoms with E-state index < -0.39 is 0 Å². The Morgan fingerprint density at radius 2 is 1.38 bits per heavy atom. The molecule has 6 heteroatoms. The minimum Gasteiger partial charge on any atom is -1.00 e. The highest BCUT2D eigenvalue weighted by Gasteiger charge is 2.17. The van der Waals surface area contributed by atoms with Crippen LogP contribution in [-0.4, -0.2) is 24.5 Å². The maximum Gasteiger partial charge on any atom is 0.220 e. The van der Waals surface area contributed by atoms with Crippen molar-refractivity contribution in [3.8, 4) is 11.5 Å². The summed E-state index contributed by atoms with van der Waals surface area (Å²) in [6.45, 7) is 8.80. The molecule has 1 amide bonds. The topological polar surface area (TPSA) is 42.7 Å². The summed E-state index contributed by atoms with van der Waals surface area (Å²) in [4.78, 5) is 14.4. The Labute approximate surface area is 255 Å². The molecule has 1 heterocycles. The Bertz CT molecular complexity index is 904. The van der Waals surface area contributed by atoms with E-state index >= 15 is 0 Å². The van der Waals surface area contributed by atoms with Gasteiger partial charge in [-0.1, -0.05) is 96.6 Å². The van der Waals surface area contributed by atoms with E-state index in [2.05, 4.69) is 42.9 Å². The molecular formula is C33H53IN2O3. The van der Waals surface area contributed by atoms with Crippen LogP contribution in [0, 0.1) is 0 Å². The zero-order valence-electron chi connectivity index (χ0n) is 25.1. The minimum atomic E-state index is 0. The van der Waals surface area contributed by atoms with Crippen molar-refractivity contribution >= 4 is 5.91 Å². The van der Waals surface area contributed by atoms with E-state index in [1.54, 1.807) is 14.0 Å². The highest BCUT2D eigenvalue weighted by molar-refractivity contribution is 5.73. The van der Waals surface area contributed by atoms with Crippen molar-refractivity contribution in [2.75, 3.05) is 13.7 Å². The molecule has 0 aliphatic heterocycles. The maximum absolute atomic E-state index is 12.5. The Morgan fingerprint density at radius 3 is 1.92 bits per heavy atom. The lowest BCUT2D eigenvalue weighted by Crippen LogP contribution is -3.00. The average molecular weight is 653 g/mol. The number of carbonyl (C=O) groups excluding carboxylic acids is 1. The largest absolute Gasteiger partial charge is 1.00 e. The molecule has 0 aliphatic carbocycles. The number of aryl methyl sites for hydroxylation is 1. The molecule has 0 bridgehead atoms. The maximum atomic E-state index is 12.5. The second-order valence-electron chi connectivity index (χ2n) is 10.5. The number of hydrogen-bond acceptors (Lipinski definition) is 3. The average Bonchev–Trinajstić information content (AvgIpc) is 2.92. The van der Waals surface area contributed by atoms with Gasteiger partial charge in [0.05, 0.1) is 13.7 Å². The van der Waals surface area contributed by atoms with E-state index in [-0.39, 0.29) is 29.9 Å². The minimum absolute atomic E-state index is 0. The molecule has 2 aromatic rings. The first-order valence-corrected chi connectivity index (χ1v) is 15.1. The van der Waals surface area contributed by atoms with Gasteiger partial charge in [-0.25, -0.2) is 4.57 Å². The second kappa shape index (κ2) is 21.9. The van der Waals surface area contributed by atoms with Gasteiger partial charge >= 0.3 is 0 Å². The summed E-state index contributed by atoms with van der Waals surface area (Å²) in [6, 6.07) is 10.1. The third kappa shape index (κ3) is 14.4. The van der Waals surface area contributed by atoms with E-state index in [4.69, 9.17) is 9.47 Å². The fourth-order valence-electron chi connectivity index (χ4n) is 4.83. The molecule has 39 heavy (non-hydrogen) atoms. The molecule has 0 N–H and O–H groups in total. The van der Waals surface area contributed by atoms with Crippen LogP contribution >= 0.6 is 0 Å². The predicted molar refractivity (Wildman–Crippen MR) is 156 cm³/mol. The zero-order valence-corrected chi connectivity index (χ0v) is 27.2. The quantitative estimate of drug-likeness (QED) is 0.108. The van der Waals surface area contributed by atoms with Gasteiger partial charge in [-0.05, 0) is 18.1 Å². The van der Waals surface area contributed by atoms with Gasteiger partial charge in [0.1, 0.15) is 6.54 Å². The third-order valence-electron chi connectivity index (χ3n) is 7.15. The third-order valence-corrected chi connectivity index (χ3v) is 7.15. The molecular weight excluding hydrogens is 599 g/mol. The van der Waals surface area contributed by atoms with Crippen molar-refractivity contribution in [1.29, 1.82) is 0 Å². The summed E-state index contributed by atoms with van der Waals surface area (Å²) >= 11 is 0. The summed E-state index contributed by atoms with van der Waals surface area (Å²) in [6.07, 6.45) is 21.1. The standard InChI is InChI=1S/C33H53N2O3.HI/c1-5-7-8-9-10-11-12-13-14-15-16-17-26-38-33-31(19-18-20-32(33)37-4)28-35(29(3)36)27-30-21-24-34(23-6-2)25-22-30;/h18-22,24-25H,5-17,23,26-28H2,1-4H3;1H/q+1;/p-1. The molecule has 0 spiro atoms. The fourth-order valence-corrected chi connectivity index (χ4v) is 4.83. The van der Waals surface area contributed by atoms with E-state index in [0.29, 0.717) is 19.7 Å². The van der Waals surface area contributed by atoms with Gasteiger partial charge in [-0.15, -0.1) is 0 Å². The van der Waals surface area contributed by atoms with E-state index in [0.717, 1.165) is 42.0 Å². The van der Waals surface area contributed by atoms with Crippen LogP contribution in [-0.2, 0) is 24.4 Å². The highest BCUT2D eigenvalue weighted by atomic mass is 127. The van der Waals surface area contributed by atoms with Crippen molar-refractivity contribution in [3.63, 3.8) is 0 Å². The highest BCUT2D eigenvalue weighted by Crippen LogP contribution is 2.32. The van der Waals surface area contributed by atoms with Gasteiger partial charge in [0.15, 0.2) is 23.9 Å². The van der Waals surface area contributed by atoms with Crippen LogP contribution in [0.3, 0.4) is 0 Å². The van der Waals surface area contributed by atoms with Crippen molar-refractivity contribution < 1.29 is 42.8 Å². The number of carbonyl (C=O) groups is 1. The number of nitrogens with zero attached hydrogens (tertiary/aromatic N) is 2. The van der Waals surface area contributed by atoms with E-state index in [1.807, 2.05) is 23.1 Å². The first-order chi connectivity index (χ1) is 18.6. The lowest BCUT2D eigenvalue weighted by molar-refractivity contribution is -0.697. The lowest BCUT2D eigenvalue weighted by atomic mass is 10.1. The lowest BCUT2D eigenvalue weighted by Gasteiger charge is -2.23. The number of methoxy groups -OCH3 is 1. The molecule has 1 aromatic heterocycles. The van der Waals surface area contributed by atoms with Crippen LogP contribution in [0.1, 0.15) is 115 Å². The number of hydrogen-bond donors (Lipinski definition) is 0. The van der Waals surface area contributed by atoms with Gasteiger partial charge in [0.25, 0.3) is 0 Å². The van der Waals surface area contributed by atoms with Crippen LogP contribution in [0.2, 0.25) is 0 Å². The normalized spacial score (nSPS) is 10.7. The molecule has 0 unspecified atom stereocenters. The Balaban J connectivity index is 0.00000760. The number of unbranched alkanes of at least 4 members (excludes halogenated alkanes) is 11. The van der Waals surface area contributed by atoms with E-state index in [1.165, 1.54) is 70.6 Å². The molecule has 0 radical (unpaired) electrons. The Kier molecular flexibility index (Phi) is 19.8.